The summed E-state index contributed by atoms with van der Waals surface area (Å²) in [6, 6.07) is 16.5. The smallest absolute Gasteiger partial charge is 0.410 e. The lowest BCUT2D eigenvalue weighted by molar-refractivity contribution is 0.00760. The number of amides is 1. The lowest BCUT2D eigenvalue weighted by Crippen LogP contribution is -2.43. The number of hydrogen-bond acceptors (Lipinski definition) is 4. The summed E-state index contributed by atoms with van der Waals surface area (Å²) in [6.07, 6.45) is 1.86. The van der Waals surface area contributed by atoms with Crippen molar-refractivity contribution >= 4 is 6.09 Å². The summed E-state index contributed by atoms with van der Waals surface area (Å²) in [4.78, 5) is 14.1. The molecule has 2 aromatic carbocycles. The second kappa shape index (κ2) is 9.02. The van der Waals surface area contributed by atoms with E-state index in [2.05, 4.69) is 36.4 Å². The van der Waals surface area contributed by atoms with Crippen LogP contribution in [-0.4, -0.2) is 35.4 Å². The molecule has 1 fully saturated rings. The van der Waals surface area contributed by atoms with E-state index in [4.69, 9.17) is 15.6 Å². The molecule has 0 aromatic heterocycles. The van der Waals surface area contributed by atoms with Gasteiger partial charge in [-0.1, -0.05) is 48.5 Å². The monoisotopic (exact) mass is 368 g/mol. The Hall–Kier alpha value is -2.37. The molecule has 1 amide bonds. The summed E-state index contributed by atoms with van der Waals surface area (Å²) in [6.45, 7) is 3.39. The van der Waals surface area contributed by atoms with E-state index in [1.54, 1.807) is 4.90 Å². The maximum absolute atomic E-state index is 12.4. The number of aliphatic hydroxyl groups excluding tert-OH is 1. The third kappa shape index (κ3) is 4.67. The third-order valence-electron chi connectivity index (χ3n) is 5.26. The van der Waals surface area contributed by atoms with Crippen molar-refractivity contribution < 1.29 is 14.6 Å². The average Bonchev–Trinajstić information content (AvgIpc) is 2.72. The standard InChI is InChI=1S/C22H28N2O3/c1-16(24-13-12-21(3-2-14-25)27-22(24)26)18-8-10-20(11-9-18)19-6-4-17(15-23)5-7-19/h4-11,16,21,25H,2-3,12-15,23H2,1H3. The molecule has 0 spiro atoms. The molecule has 2 atom stereocenters. The van der Waals surface area contributed by atoms with Gasteiger partial charge in [0.2, 0.25) is 0 Å². The molecule has 0 bridgehead atoms. The molecule has 5 nitrogen and oxygen atoms in total. The Morgan fingerprint density at radius 2 is 1.78 bits per heavy atom. The zero-order valence-corrected chi connectivity index (χ0v) is 15.8. The van der Waals surface area contributed by atoms with E-state index in [1.807, 2.05) is 19.1 Å². The van der Waals surface area contributed by atoms with Gasteiger partial charge in [0, 0.05) is 26.1 Å². The summed E-state index contributed by atoms with van der Waals surface area (Å²) < 4.78 is 5.52. The van der Waals surface area contributed by atoms with Gasteiger partial charge in [-0.2, -0.15) is 0 Å². The van der Waals surface area contributed by atoms with Crippen molar-refractivity contribution in [2.45, 2.75) is 44.9 Å². The highest BCUT2D eigenvalue weighted by Crippen LogP contribution is 2.28. The molecule has 1 heterocycles. The Kier molecular flexibility index (Phi) is 6.48. The number of nitrogens with two attached hydrogens (primary N) is 1. The molecular formula is C22H28N2O3. The molecule has 1 aliphatic heterocycles. The van der Waals surface area contributed by atoms with Gasteiger partial charge in [0.15, 0.2) is 0 Å². The quantitative estimate of drug-likeness (QED) is 0.778. The predicted molar refractivity (Wildman–Crippen MR) is 106 cm³/mol. The van der Waals surface area contributed by atoms with Crippen molar-refractivity contribution in [1.29, 1.82) is 0 Å². The summed E-state index contributed by atoms with van der Waals surface area (Å²) in [5.41, 5.74) is 10.1. The molecule has 0 saturated carbocycles. The minimum atomic E-state index is -0.266. The molecule has 3 N–H and O–H groups in total. The topological polar surface area (TPSA) is 75.8 Å². The van der Waals surface area contributed by atoms with Gasteiger partial charge in [-0.05, 0) is 42.0 Å². The van der Waals surface area contributed by atoms with Crippen LogP contribution in [0.5, 0.6) is 0 Å². The van der Waals surface area contributed by atoms with Gasteiger partial charge >= 0.3 is 6.09 Å². The highest BCUT2D eigenvalue weighted by Gasteiger charge is 2.30. The Morgan fingerprint density at radius 3 is 2.33 bits per heavy atom. The van der Waals surface area contributed by atoms with Crippen molar-refractivity contribution in [1.82, 2.24) is 4.90 Å². The molecule has 144 valence electrons. The van der Waals surface area contributed by atoms with Crippen LogP contribution in [0, 0.1) is 0 Å². The van der Waals surface area contributed by atoms with Gasteiger partial charge in [-0.15, -0.1) is 0 Å². The fourth-order valence-electron chi connectivity index (χ4n) is 3.48. The first-order chi connectivity index (χ1) is 13.1. The van der Waals surface area contributed by atoms with Crippen LogP contribution in [0.1, 0.15) is 43.4 Å². The van der Waals surface area contributed by atoms with Crippen LogP contribution < -0.4 is 5.73 Å². The Bertz CT molecular complexity index is 743. The van der Waals surface area contributed by atoms with E-state index >= 15 is 0 Å². The molecular weight excluding hydrogens is 340 g/mol. The van der Waals surface area contributed by atoms with Gasteiger partial charge in [-0.25, -0.2) is 4.79 Å². The normalized spacial score (nSPS) is 18.3. The highest BCUT2D eigenvalue weighted by atomic mass is 16.6. The second-order valence-electron chi connectivity index (χ2n) is 7.05. The first-order valence-corrected chi connectivity index (χ1v) is 9.60. The van der Waals surface area contributed by atoms with Crippen LogP contribution in [0.4, 0.5) is 4.79 Å². The number of nitrogens with zero attached hydrogens (tertiary/aromatic N) is 1. The van der Waals surface area contributed by atoms with E-state index in [0.29, 0.717) is 19.5 Å². The van der Waals surface area contributed by atoms with Gasteiger partial charge in [0.05, 0.1) is 6.04 Å². The van der Waals surface area contributed by atoms with Crippen LogP contribution in [0.2, 0.25) is 0 Å². The van der Waals surface area contributed by atoms with Crippen molar-refractivity contribution in [2.24, 2.45) is 5.73 Å². The number of ether oxygens (including phenoxy) is 1. The fourth-order valence-corrected chi connectivity index (χ4v) is 3.48. The van der Waals surface area contributed by atoms with Crippen LogP contribution in [0.3, 0.4) is 0 Å². The van der Waals surface area contributed by atoms with Crippen LogP contribution >= 0.6 is 0 Å². The molecule has 0 radical (unpaired) electrons. The molecule has 0 aliphatic carbocycles. The average molecular weight is 368 g/mol. The zero-order valence-electron chi connectivity index (χ0n) is 15.8. The van der Waals surface area contributed by atoms with Gasteiger partial charge < -0.3 is 20.5 Å². The molecule has 27 heavy (non-hydrogen) atoms. The maximum atomic E-state index is 12.4. The van der Waals surface area contributed by atoms with Crippen molar-refractivity contribution in [2.75, 3.05) is 13.2 Å². The zero-order chi connectivity index (χ0) is 19.2. The number of cyclic esters (lactones) is 1. The van der Waals surface area contributed by atoms with Crippen molar-refractivity contribution in [3.05, 3.63) is 59.7 Å². The lowest BCUT2D eigenvalue weighted by atomic mass is 9.99. The SMILES string of the molecule is CC(c1ccc(-c2ccc(CN)cc2)cc1)N1CCC(CCCO)OC1=O. The fraction of sp³-hybridized carbons (Fsp3) is 0.409. The first kappa shape index (κ1) is 19.4. The summed E-state index contributed by atoms with van der Waals surface area (Å²) in [5, 5.41) is 8.93. The number of hydrogen-bond donors (Lipinski definition) is 2. The number of carbonyl (C=O) groups is 1. The minimum Gasteiger partial charge on any atom is -0.446 e. The van der Waals surface area contributed by atoms with E-state index in [1.165, 1.54) is 0 Å². The number of rotatable bonds is 7. The Labute approximate surface area is 160 Å². The molecule has 5 heteroatoms. The molecule has 3 rings (SSSR count). The summed E-state index contributed by atoms with van der Waals surface area (Å²) >= 11 is 0. The van der Waals surface area contributed by atoms with Crippen molar-refractivity contribution in [3.8, 4) is 11.1 Å². The van der Waals surface area contributed by atoms with E-state index in [0.717, 1.165) is 35.1 Å². The second-order valence-corrected chi connectivity index (χ2v) is 7.05. The van der Waals surface area contributed by atoms with Gasteiger partial charge in [0.1, 0.15) is 6.10 Å². The largest absolute Gasteiger partial charge is 0.446 e. The number of benzene rings is 2. The minimum absolute atomic E-state index is 0.0371. The molecule has 1 aliphatic rings. The first-order valence-electron chi connectivity index (χ1n) is 9.60. The molecule has 2 aromatic rings. The lowest BCUT2D eigenvalue weighted by Gasteiger charge is -2.35. The Morgan fingerprint density at radius 1 is 1.15 bits per heavy atom. The van der Waals surface area contributed by atoms with Gasteiger partial charge in [0.25, 0.3) is 0 Å². The molecule has 1 saturated heterocycles. The maximum Gasteiger partial charge on any atom is 0.410 e. The van der Waals surface area contributed by atoms with Crippen molar-refractivity contribution in [3.63, 3.8) is 0 Å². The van der Waals surface area contributed by atoms with Gasteiger partial charge in [-0.3, -0.25) is 0 Å². The number of carbonyl (C=O) groups excluding carboxylic acids is 1. The van der Waals surface area contributed by atoms with Crippen LogP contribution in [-0.2, 0) is 11.3 Å². The van der Waals surface area contributed by atoms with E-state index < -0.39 is 0 Å². The Balaban J connectivity index is 1.65. The third-order valence-corrected chi connectivity index (χ3v) is 5.26. The van der Waals surface area contributed by atoms with Crippen LogP contribution in [0.15, 0.2) is 48.5 Å². The summed E-state index contributed by atoms with van der Waals surface area (Å²) in [7, 11) is 0. The van der Waals surface area contributed by atoms with E-state index in [-0.39, 0.29) is 24.8 Å². The van der Waals surface area contributed by atoms with Crippen LogP contribution in [0.25, 0.3) is 11.1 Å². The summed E-state index contributed by atoms with van der Waals surface area (Å²) in [5.74, 6) is 0. The predicted octanol–water partition coefficient (Wildman–Crippen LogP) is 3.86. The molecule has 2 unspecified atom stereocenters. The van der Waals surface area contributed by atoms with E-state index in [9.17, 15) is 4.79 Å². The highest BCUT2D eigenvalue weighted by molar-refractivity contribution is 5.69. The number of aliphatic hydroxyl groups is 1.